The number of hydrogen-bond acceptors (Lipinski definition) is 3. The summed E-state index contributed by atoms with van der Waals surface area (Å²) in [5.74, 6) is -0.451. The molecule has 0 saturated carbocycles. The van der Waals surface area contributed by atoms with Crippen molar-refractivity contribution in [2.24, 2.45) is 0 Å². The summed E-state index contributed by atoms with van der Waals surface area (Å²) in [5, 5.41) is 8.89. The number of carbonyl (C=O) groups is 1. The number of carboxylic acids is 1. The highest BCUT2D eigenvalue weighted by molar-refractivity contribution is 6.30. The maximum atomic E-state index is 10.2. The van der Waals surface area contributed by atoms with Crippen LogP contribution in [0.15, 0.2) is 18.2 Å². The summed E-state index contributed by atoms with van der Waals surface area (Å²) in [5.41, 5.74) is 5.99. The summed E-state index contributed by atoms with van der Waals surface area (Å²) < 4.78 is 5.14. The van der Waals surface area contributed by atoms with Gasteiger partial charge in [-0.15, -0.1) is 0 Å². The van der Waals surface area contributed by atoms with E-state index >= 15 is 0 Å². The van der Waals surface area contributed by atoms with Gasteiger partial charge in [0.15, 0.2) is 0 Å². The van der Waals surface area contributed by atoms with Gasteiger partial charge in [-0.2, -0.15) is 0 Å². The normalized spacial score (nSPS) is 9.79. The Morgan fingerprint density at radius 3 is 2.86 bits per heavy atom. The van der Waals surface area contributed by atoms with Crippen LogP contribution in [0.4, 0.5) is 5.69 Å². The lowest BCUT2D eigenvalue weighted by atomic mass is 10.3. The standard InChI is InChI=1S/C9H10ClNO3/c10-6-1-2-8(7(11)5-6)14-4-3-9(12)13/h1-2,5H,3-4,11H2,(H,12,13). The van der Waals surface area contributed by atoms with E-state index < -0.39 is 5.97 Å². The quantitative estimate of drug-likeness (QED) is 0.751. The van der Waals surface area contributed by atoms with Gasteiger partial charge < -0.3 is 15.6 Å². The number of halogens is 1. The molecule has 5 heteroatoms. The molecule has 1 aromatic carbocycles. The molecule has 0 bridgehead atoms. The van der Waals surface area contributed by atoms with E-state index in [1.807, 2.05) is 0 Å². The molecule has 4 nitrogen and oxygen atoms in total. The lowest BCUT2D eigenvalue weighted by Crippen LogP contribution is -2.05. The van der Waals surface area contributed by atoms with E-state index in [1.165, 1.54) is 0 Å². The van der Waals surface area contributed by atoms with Crippen LogP contribution in [-0.4, -0.2) is 17.7 Å². The molecule has 0 amide bonds. The zero-order valence-electron chi connectivity index (χ0n) is 7.37. The number of hydrogen-bond donors (Lipinski definition) is 2. The molecule has 0 radical (unpaired) electrons. The Morgan fingerprint density at radius 2 is 2.29 bits per heavy atom. The highest BCUT2D eigenvalue weighted by Crippen LogP contribution is 2.24. The molecule has 0 saturated heterocycles. The fourth-order valence-electron chi connectivity index (χ4n) is 0.899. The second-order valence-electron chi connectivity index (χ2n) is 2.67. The molecule has 0 fully saturated rings. The van der Waals surface area contributed by atoms with E-state index in [1.54, 1.807) is 18.2 Å². The number of nitrogen functional groups attached to an aromatic ring is 1. The Kier molecular flexibility index (Phi) is 3.59. The van der Waals surface area contributed by atoms with Crippen molar-refractivity contribution in [1.82, 2.24) is 0 Å². The van der Waals surface area contributed by atoms with Crippen molar-refractivity contribution < 1.29 is 14.6 Å². The summed E-state index contributed by atoms with van der Waals surface area (Å²) in [7, 11) is 0. The van der Waals surface area contributed by atoms with Gasteiger partial charge in [0.2, 0.25) is 0 Å². The van der Waals surface area contributed by atoms with Crippen LogP contribution in [0.1, 0.15) is 6.42 Å². The molecule has 3 N–H and O–H groups in total. The summed E-state index contributed by atoms with van der Waals surface area (Å²) >= 11 is 5.67. The first kappa shape index (κ1) is 10.7. The zero-order chi connectivity index (χ0) is 10.6. The largest absolute Gasteiger partial charge is 0.491 e. The van der Waals surface area contributed by atoms with E-state index in [9.17, 15) is 4.79 Å². The SMILES string of the molecule is Nc1cc(Cl)ccc1OCCC(=O)O. The summed E-state index contributed by atoms with van der Waals surface area (Å²) in [4.78, 5) is 10.2. The third-order valence-corrected chi connectivity index (χ3v) is 1.78. The van der Waals surface area contributed by atoms with Crippen molar-refractivity contribution in [3.63, 3.8) is 0 Å². The minimum absolute atomic E-state index is 0.0535. The van der Waals surface area contributed by atoms with Crippen molar-refractivity contribution in [3.8, 4) is 5.75 Å². The molecule has 76 valence electrons. The van der Waals surface area contributed by atoms with Gasteiger partial charge in [0.1, 0.15) is 5.75 Å². The third-order valence-electron chi connectivity index (χ3n) is 1.55. The van der Waals surface area contributed by atoms with E-state index in [2.05, 4.69) is 0 Å². The van der Waals surface area contributed by atoms with Crippen molar-refractivity contribution in [1.29, 1.82) is 0 Å². The minimum atomic E-state index is -0.905. The molecule has 1 rings (SSSR count). The van der Waals surface area contributed by atoms with Crippen LogP contribution in [0.3, 0.4) is 0 Å². The van der Waals surface area contributed by atoms with Crippen LogP contribution in [-0.2, 0) is 4.79 Å². The molecule has 0 atom stereocenters. The monoisotopic (exact) mass is 215 g/mol. The van der Waals surface area contributed by atoms with Gasteiger partial charge in [-0.3, -0.25) is 4.79 Å². The third kappa shape index (κ3) is 3.14. The smallest absolute Gasteiger partial charge is 0.306 e. The first-order chi connectivity index (χ1) is 6.59. The molecule has 14 heavy (non-hydrogen) atoms. The average Bonchev–Trinajstić information content (AvgIpc) is 2.08. The molecular weight excluding hydrogens is 206 g/mol. The summed E-state index contributed by atoms with van der Waals surface area (Å²) in [6, 6.07) is 4.80. The average molecular weight is 216 g/mol. The van der Waals surface area contributed by atoms with Crippen LogP contribution in [0.5, 0.6) is 5.75 Å². The fourth-order valence-corrected chi connectivity index (χ4v) is 1.08. The number of rotatable bonds is 4. The number of aliphatic carboxylic acids is 1. The second kappa shape index (κ2) is 4.72. The Labute approximate surface area is 86.2 Å². The van der Waals surface area contributed by atoms with E-state index in [0.717, 1.165) is 0 Å². The first-order valence-corrected chi connectivity index (χ1v) is 4.37. The van der Waals surface area contributed by atoms with E-state index in [4.69, 9.17) is 27.2 Å². The minimum Gasteiger partial charge on any atom is -0.491 e. The Bertz CT molecular complexity index is 341. The first-order valence-electron chi connectivity index (χ1n) is 3.99. The van der Waals surface area contributed by atoms with Gasteiger partial charge in [-0.05, 0) is 18.2 Å². The zero-order valence-corrected chi connectivity index (χ0v) is 8.12. The molecule has 0 unspecified atom stereocenters. The van der Waals surface area contributed by atoms with Crippen molar-refractivity contribution >= 4 is 23.3 Å². The van der Waals surface area contributed by atoms with Crippen molar-refractivity contribution in [2.75, 3.05) is 12.3 Å². The Balaban J connectivity index is 2.55. The fraction of sp³-hybridized carbons (Fsp3) is 0.222. The Morgan fingerprint density at radius 1 is 1.57 bits per heavy atom. The Hall–Kier alpha value is -1.42. The van der Waals surface area contributed by atoms with E-state index in [0.29, 0.717) is 16.5 Å². The maximum absolute atomic E-state index is 10.2. The highest BCUT2D eigenvalue weighted by Gasteiger charge is 2.02. The number of anilines is 1. The van der Waals surface area contributed by atoms with Gasteiger partial charge in [-0.25, -0.2) is 0 Å². The predicted octanol–water partition coefficient (Wildman–Crippen LogP) is 1.78. The van der Waals surface area contributed by atoms with Crippen LogP contribution >= 0.6 is 11.6 Å². The van der Waals surface area contributed by atoms with Gasteiger partial charge in [0.25, 0.3) is 0 Å². The highest BCUT2D eigenvalue weighted by atomic mass is 35.5. The molecule has 0 spiro atoms. The predicted molar refractivity (Wildman–Crippen MR) is 53.6 cm³/mol. The molecule has 0 aliphatic carbocycles. The van der Waals surface area contributed by atoms with Gasteiger partial charge >= 0.3 is 5.97 Å². The van der Waals surface area contributed by atoms with Crippen LogP contribution in [0.25, 0.3) is 0 Å². The van der Waals surface area contributed by atoms with Crippen LogP contribution in [0, 0.1) is 0 Å². The number of ether oxygens (including phenoxy) is 1. The molecule has 1 aromatic rings. The summed E-state index contributed by atoms with van der Waals surface area (Å²) in [6.07, 6.45) is -0.0535. The lowest BCUT2D eigenvalue weighted by Gasteiger charge is -2.07. The molecule has 0 heterocycles. The number of nitrogens with two attached hydrogens (primary N) is 1. The van der Waals surface area contributed by atoms with Crippen LogP contribution in [0.2, 0.25) is 5.02 Å². The van der Waals surface area contributed by atoms with E-state index in [-0.39, 0.29) is 13.0 Å². The second-order valence-corrected chi connectivity index (χ2v) is 3.11. The van der Waals surface area contributed by atoms with Crippen molar-refractivity contribution in [2.45, 2.75) is 6.42 Å². The molecule has 0 aromatic heterocycles. The maximum Gasteiger partial charge on any atom is 0.306 e. The van der Waals surface area contributed by atoms with Gasteiger partial charge in [-0.1, -0.05) is 11.6 Å². The van der Waals surface area contributed by atoms with Gasteiger partial charge in [0.05, 0.1) is 18.7 Å². The van der Waals surface area contributed by atoms with Crippen LogP contribution < -0.4 is 10.5 Å². The molecular formula is C9H10ClNO3. The van der Waals surface area contributed by atoms with Gasteiger partial charge in [0, 0.05) is 5.02 Å². The molecule has 0 aliphatic rings. The van der Waals surface area contributed by atoms with Crippen molar-refractivity contribution in [3.05, 3.63) is 23.2 Å². The summed E-state index contributed by atoms with van der Waals surface area (Å²) in [6.45, 7) is 0.0984. The topological polar surface area (TPSA) is 72.5 Å². The number of carboxylic acid groups (broad SMARTS) is 1. The number of benzene rings is 1. The molecule has 0 aliphatic heterocycles. The lowest BCUT2D eigenvalue weighted by molar-refractivity contribution is -0.137.